The number of phenols is 1. The molecular weight excluding hydrogens is 512 g/mol. The predicted molar refractivity (Wildman–Crippen MR) is 124 cm³/mol. The van der Waals surface area contributed by atoms with E-state index in [1.807, 2.05) is 0 Å². The number of carboxylic acids is 1. The Balaban J connectivity index is 1.71. The standard InChI is InChI=1S/C24H22O14/c1-32-9-4-3-8(5-10(9)33-2)19-21(37-24-18(29)16(27)17(28)22(38-24)23(30)31)15(26)13-11(36-19)6-12-20(14(13)25)35-7-34-12/h3-6,16-18,22,24-25,27-29H,7H2,1-2H3,(H,30,31)/t16-,17-,18+,22-,24+/m0/s1. The van der Waals surface area contributed by atoms with Gasteiger partial charge < -0.3 is 58.4 Å². The lowest BCUT2D eigenvalue weighted by Crippen LogP contribution is -2.61. The summed E-state index contributed by atoms with van der Waals surface area (Å²) in [4.78, 5) is 25.2. The first-order valence-corrected chi connectivity index (χ1v) is 11.1. The minimum Gasteiger partial charge on any atom is -0.504 e. The second kappa shape index (κ2) is 9.57. The largest absolute Gasteiger partial charge is 0.504 e. The van der Waals surface area contributed by atoms with Crippen LogP contribution in [-0.2, 0) is 9.53 Å². The van der Waals surface area contributed by atoms with Crippen molar-refractivity contribution in [3.63, 3.8) is 0 Å². The zero-order valence-corrected chi connectivity index (χ0v) is 19.8. The molecule has 0 spiro atoms. The Hall–Kier alpha value is -4.24. The summed E-state index contributed by atoms with van der Waals surface area (Å²) < 4.78 is 37.8. The number of methoxy groups -OCH3 is 2. The number of aliphatic hydroxyl groups excluding tert-OH is 3. The van der Waals surface area contributed by atoms with Crippen molar-refractivity contribution in [2.45, 2.75) is 30.7 Å². The molecule has 0 bridgehead atoms. The summed E-state index contributed by atoms with van der Waals surface area (Å²) in [6, 6.07) is 5.81. The first-order valence-electron chi connectivity index (χ1n) is 11.1. The van der Waals surface area contributed by atoms with E-state index in [4.69, 9.17) is 32.8 Å². The highest BCUT2D eigenvalue weighted by Crippen LogP contribution is 2.47. The van der Waals surface area contributed by atoms with E-state index in [0.717, 1.165) is 0 Å². The molecule has 14 heteroatoms. The van der Waals surface area contributed by atoms with Gasteiger partial charge in [-0.1, -0.05) is 0 Å². The van der Waals surface area contributed by atoms with Crippen LogP contribution in [0.3, 0.4) is 0 Å². The monoisotopic (exact) mass is 534 g/mol. The number of carbonyl (C=O) groups is 1. The molecule has 5 rings (SSSR count). The molecular formula is C24H22O14. The van der Waals surface area contributed by atoms with Gasteiger partial charge in [0.1, 0.15) is 29.3 Å². The van der Waals surface area contributed by atoms with Crippen molar-refractivity contribution >= 4 is 16.9 Å². The van der Waals surface area contributed by atoms with Gasteiger partial charge in [-0.2, -0.15) is 0 Å². The van der Waals surface area contributed by atoms with Crippen molar-refractivity contribution in [3.05, 3.63) is 34.5 Å². The van der Waals surface area contributed by atoms with Gasteiger partial charge in [-0.05, 0) is 18.2 Å². The van der Waals surface area contributed by atoms with Gasteiger partial charge in [0, 0.05) is 11.6 Å². The van der Waals surface area contributed by atoms with Crippen molar-refractivity contribution in [1.29, 1.82) is 0 Å². The van der Waals surface area contributed by atoms with E-state index in [0.29, 0.717) is 5.75 Å². The Kier molecular flexibility index (Phi) is 6.40. The fraction of sp³-hybridized carbons (Fsp3) is 0.333. The quantitative estimate of drug-likeness (QED) is 0.286. The number of aliphatic hydroxyl groups is 3. The highest BCUT2D eigenvalue weighted by atomic mass is 16.7. The number of hydrogen-bond acceptors (Lipinski definition) is 13. The molecule has 0 saturated carbocycles. The molecule has 38 heavy (non-hydrogen) atoms. The molecule has 3 heterocycles. The van der Waals surface area contributed by atoms with E-state index in [-0.39, 0.29) is 46.3 Å². The Morgan fingerprint density at radius 2 is 1.74 bits per heavy atom. The number of fused-ring (bicyclic) bond motifs is 2. The van der Waals surface area contributed by atoms with E-state index in [2.05, 4.69) is 0 Å². The molecule has 2 aliphatic rings. The van der Waals surface area contributed by atoms with Gasteiger partial charge in [-0.25, -0.2) is 4.79 Å². The zero-order valence-electron chi connectivity index (χ0n) is 19.8. The second-order valence-corrected chi connectivity index (χ2v) is 8.34. The number of rotatable bonds is 6. The second-order valence-electron chi connectivity index (χ2n) is 8.34. The summed E-state index contributed by atoms with van der Waals surface area (Å²) >= 11 is 0. The average Bonchev–Trinajstić information content (AvgIpc) is 3.38. The van der Waals surface area contributed by atoms with Crippen LogP contribution in [0, 0.1) is 0 Å². The number of hydrogen-bond donors (Lipinski definition) is 5. The fourth-order valence-electron chi connectivity index (χ4n) is 4.22. The van der Waals surface area contributed by atoms with Gasteiger partial charge in [-0.15, -0.1) is 0 Å². The maximum Gasteiger partial charge on any atom is 0.335 e. The molecule has 0 amide bonds. The van der Waals surface area contributed by atoms with E-state index in [1.165, 1.54) is 38.5 Å². The lowest BCUT2D eigenvalue weighted by Gasteiger charge is -2.38. The summed E-state index contributed by atoms with van der Waals surface area (Å²) in [5, 5.41) is 50.4. The first-order chi connectivity index (χ1) is 18.2. The molecule has 2 aliphatic heterocycles. The van der Waals surface area contributed by atoms with E-state index < -0.39 is 53.6 Å². The molecule has 3 aromatic rings. The van der Waals surface area contributed by atoms with Crippen molar-refractivity contribution < 1.29 is 63.2 Å². The van der Waals surface area contributed by atoms with Crippen LogP contribution >= 0.6 is 0 Å². The van der Waals surface area contributed by atoms with Crippen LogP contribution in [0.25, 0.3) is 22.3 Å². The molecule has 2 aromatic carbocycles. The van der Waals surface area contributed by atoms with Gasteiger partial charge >= 0.3 is 5.97 Å². The molecule has 0 unspecified atom stereocenters. The van der Waals surface area contributed by atoms with E-state index in [9.17, 15) is 35.1 Å². The van der Waals surface area contributed by atoms with Crippen LogP contribution in [-0.4, -0.2) is 83.2 Å². The van der Waals surface area contributed by atoms with Crippen LogP contribution < -0.4 is 29.1 Å². The molecule has 0 aliphatic carbocycles. The summed E-state index contributed by atoms with van der Waals surface area (Å²) in [6.45, 7) is -0.210. The Morgan fingerprint density at radius 1 is 1.00 bits per heavy atom. The van der Waals surface area contributed by atoms with Crippen LogP contribution in [0.15, 0.2) is 33.5 Å². The maximum atomic E-state index is 13.7. The number of carboxylic acid groups (broad SMARTS) is 1. The average molecular weight is 534 g/mol. The Morgan fingerprint density at radius 3 is 2.42 bits per heavy atom. The number of phenolic OH excluding ortho intramolecular Hbond substituents is 1. The van der Waals surface area contributed by atoms with E-state index in [1.54, 1.807) is 0 Å². The highest BCUT2D eigenvalue weighted by Gasteiger charge is 2.48. The summed E-state index contributed by atoms with van der Waals surface area (Å²) in [5.74, 6) is -2.46. The summed E-state index contributed by atoms with van der Waals surface area (Å²) in [5.41, 5.74) is -0.845. The zero-order chi connectivity index (χ0) is 27.3. The fourth-order valence-corrected chi connectivity index (χ4v) is 4.22. The molecule has 0 radical (unpaired) electrons. The normalized spacial score (nSPS) is 24.3. The van der Waals surface area contributed by atoms with Crippen molar-refractivity contribution in [3.8, 4) is 45.8 Å². The topological polar surface area (TPSA) is 204 Å². The smallest absolute Gasteiger partial charge is 0.335 e. The van der Waals surface area contributed by atoms with Gasteiger partial charge in [-0.3, -0.25) is 4.79 Å². The third kappa shape index (κ3) is 3.99. The van der Waals surface area contributed by atoms with Crippen LogP contribution in [0.2, 0.25) is 0 Å². The van der Waals surface area contributed by atoms with Crippen molar-refractivity contribution in [1.82, 2.24) is 0 Å². The molecule has 202 valence electrons. The SMILES string of the molecule is COc1ccc(-c2oc3cc4c(c(O)c3c(=O)c2O[C@@H]2O[C@H](C(=O)O)[C@@H](O)[C@H](O)[C@H]2O)OCO4)cc1OC. The highest BCUT2D eigenvalue weighted by molar-refractivity contribution is 5.91. The first kappa shape index (κ1) is 25.4. The lowest BCUT2D eigenvalue weighted by atomic mass is 9.99. The Labute approximate surface area is 212 Å². The van der Waals surface area contributed by atoms with Crippen molar-refractivity contribution in [2.75, 3.05) is 21.0 Å². The molecule has 1 saturated heterocycles. The predicted octanol–water partition coefficient (Wildman–Crippen LogP) is 0.182. The third-order valence-electron chi connectivity index (χ3n) is 6.15. The summed E-state index contributed by atoms with van der Waals surface area (Å²) in [6.07, 6.45) is -9.87. The van der Waals surface area contributed by atoms with Gasteiger partial charge in [0.05, 0.1) is 14.2 Å². The Bertz CT molecular complexity index is 1460. The van der Waals surface area contributed by atoms with Crippen LogP contribution in [0.4, 0.5) is 0 Å². The summed E-state index contributed by atoms with van der Waals surface area (Å²) in [7, 11) is 2.81. The lowest BCUT2D eigenvalue weighted by molar-refractivity contribution is -0.271. The van der Waals surface area contributed by atoms with Gasteiger partial charge in [0.2, 0.25) is 30.0 Å². The third-order valence-corrected chi connectivity index (χ3v) is 6.15. The van der Waals surface area contributed by atoms with Crippen LogP contribution in [0.1, 0.15) is 0 Å². The number of aliphatic carboxylic acids is 1. The maximum absolute atomic E-state index is 13.7. The van der Waals surface area contributed by atoms with Gasteiger partial charge in [0.25, 0.3) is 0 Å². The molecule has 1 fully saturated rings. The minimum absolute atomic E-state index is 0.104. The van der Waals surface area contributed by atoms with Gasteiger partial charge in [0.15, 0.2) is 34.9 Å². The molecule has 5 atom stereocenters. The van der Waals surface area contributed by atoms with Crippen molar-refractivity contribution in [2.24, 2.45) is 0 Å². The minimum atomic E-state index is -1.99. The number of ether oxygens (including phenoxy) is 6. The van der Waals surface area contributed by atoms with Crippen LogP contribution in [0.5, 0.6) is 34.5 Å². The number of benzene rings is 2. The van der Waals surface area contributed by atoms with E-state index >= 15 is 0 Å². The molecule has 5 N–H and O–H groups in total. The molecule has 1 aromatic heterocycles. The number of aromatic hydroxyl groups is 1. The molecule has 14 nitrogen and oxygen atoms in total.